The normalized spacial score (nSPS) is 11.7. The third-order valence-electron chi connectivity index (χ3n) is 4.12. The average molecular weight is 326 g/mol. The van der Waals surface area contributed by atoms with Crippen molar-refractivity contribution in [3.8, 4) is 0 Å². The summed E-state index contributed by atoms with van der Waals surface area (Å²) in [7, 11) is 1.99. The van der Waals surface area contributed by atoms with Gasteiger partial charge in [0, 0.05) is 18.1 Å². The van der Waals surface area contributed by atoms with E-state index >= 15 is 0 Å². The maximum Gasteiger partial charge on any atom is 0.166 e. The number of H-pyrrole nitrogens is 1. The largest absolute Gasteiger partial charge is 0.362 e. The molecule has 0 aliphatic heterocycles. The Kier molecular flexibility index (Phi) is 3.12. The second-order valence-electron chi connectivity index (χ2n) is 5.83. The minimum absolute atomic E-state index is 0.678. The number of hydrogen-bond acceptors (Lipinski definition) is 5. The van der Waals surface area contributed by atoms with Crippen molar-refractivity contribution in [2.75, 3.05) is 5.32 Å². The molecule has 4 heterocycles. The summed E-state index contributed by atoms with van der Waals surface area (Å²) in [6, 6.07) is 2.13. The standard InChI is InChI=1S/C16H18N6S/c1-8-5-9(2)20-16-12(8)13-14(23-16)15(21-22(13)4)17-6-11-10(3)18-7-19-11/h5,7H,6H2,1-4H3,(H,17,21)(H,18,19). The molecular weight excluding hydrogens is 308 g/mol. The van der Waals surface area contributed by atoms with E-state index in [0.717, 1.165) is 37.9 Å². The van der Waals surface area contributed by atoms with Gasteiger partial charge in [0.15, 0.2) is 5.82 Å². The number of imidazole rings is 1. The number of rotatable bonds is 3. The smallest absolute Gasteiger partial charge is 0.166 e. The second kappa shape index (κ2) is 5.06. The van der Waals surface area contributed by atoms with Crippen LogP contribution in [0.3, 0.4) is 0 Å². The summed E-state index contributed by atoms with van der Waals surface area (Å²) < 4.78 is 3.10. The Bertz CT molecular complexity index is 1020. The first-order chi connectivity index (χ1) is 11.0. The molecule has 0 spiro atoms. The van der Waals surface area contributed by atoms with Gasteiger partial charge in [0.1, 0.15) is 4.83 Å². The van der Waals surface area contributed by atoms with Gasteiger partial charge in [-0.1, -0.05) is 0 Å². The van der Waals surface area contributed by atoms with E-state index in [1.54, 1.807) is 17.7 Å². The lowest BCUT2D eigenvalue weighted by atomic mass is 10.1. The lowest BCUT2D eigenvalue weighted by Crippen LogP contribution is -2.02. The van der Waals surface area contributed by atoms with Crippen molar-refractivity contribution < 1.29 is 0 Å². The zero-order chi connectivity index (χ0) is 16.1. The highest BCUT2D eigenvalue weighted by Crippen LogP contribution is 2.38. The molecular formula is C16H18N6S. The lowest BCUT2D eigenvalue weighted by molar-refractivity contribution is 0.798. The van der Waals surface area contributed by atoms with Crippen LogP contribution in [0.4, 0.5) is 5.82 Å². The number of aromatic amines is 1. The van der Waals surface area contributed by atoms with Gasteiger partial charge in [-0.05, 0) is 32.4 Å². The fourth-order valence-corrected chi connectivity index (χ4v) is 4.28. The Hall–Kier alpha value is -2.41. The van der Waals surface area contributed by atoms with Crippen LogP contribution in [-0.4, -0.2) is 24.7 Å². The molecule has 23 heavy (non-hydrogen) atoms. The summed E-state index contributed by atoms with van der Waals surface area (Å²) >= 11 is 1.70. The van der Waals surface area contributed by atoms with Gasteiger partial charge in [-0.2, -0.15) is 5.10 Å². The molecule has 0 aromatic carbocycles. The van der Waals surface area contributed by atoms with E-state index in [4.69, 9.17) is 0 Å². The molecule has 4 rings (SSSR count). The van der Waals surface area contributed by atoms with Crippen molar-refractivity contribution in [3.63, 3.8) is 0 Å². The third-order valence-corrected chi connectivity index (χ3v) is 5.20. The van der Waals surface area contributed by atoms with Gasteiger partial charge in [-0.15, -0.1) is 11.3 Å². The molecule has 0 unspecified atom stereocenters. The second-order valence-corrected chi connectivity index (χ2v) is 6.83. The summed E-state index contributed by atoms with van der Waals surface area (Å²) in [6.45, 7) is 6.85. The van der Waals surface area contributed by atoms with Crippen molar-refractivity contribution >= 4 is 37.6 Å². The van der Waals surface area contributed by atoms with Crippen LogP contribution in [0.2, 0.25) is 0 Å². The molecule has 0 radical (unpaired) electrons. The number of nitrogens with zero attached hydrogens (tertiary/aromatic N) is 4. The number of anilines is 1. The van der Waals surface area contributed by atoms with E-state index in [-0.39, 0.29) is 0 Å². The number of hydrogen-bond donors (Lipinski definition) is 2. The minimum atomic E-state index is 0.678. The van der Waals surface area contributed by atoms with Gasteiger partial charge in [0.25, 0.3) is 0 Å². The summed E-state index contributed by atoms with van der Waals surface area (Å²) in [6.07, 6.45) is 1.72. The van der Waals surface area contributed by atoms with E-state index in [0.29, 0.717) is 6.54 Å². The molecule has 0 amide bonds. The number of thiophene rings is 1. The number of aryl methyl sites for hydroxylation is 4. The van der Waals surface area contributed by atoms with Crippen molar-refractivity contribution in [3.05, 3.63) is 35.0 Å². The highest BCUT2D eigenvalue weighted by molar-refractivity contribution is 7.26. The molecule has 6 nitrogen and oxygen atoms in total. The molecule has 4 aromatic heterocycles. The molecule has 0 bridgehead atoms. The molecule has 7 heteroatoms. The van der Waals surface area contributed by atoms with Gasteiger partial charge >= 0.3 is 0 Å². The molecule has 0 fully saturated rings. The van der Waals surface area contributed by atoms with E-state index in [1.807, 2.05) is 25.6 Å². The van der Waals surface area contributed by atoms with Crippen molar-refractivity contribution in [1.29, 1.82) is 0 Å². The quantitative estimate of drug-likeness (QED) is 0.605. The van der Waals surface area contributed by atoms with Gasteiger partial charge in [0.05, 0.1) is 34.5 Å². The molecule has 0 aliphatic carbocycles. The highest BCUT2D eigenvalue weighted by Gasteiger charge is 2.18. The first kappa shape index (κ1) is 14.2. The monoisotopic (exact) mass is 326 g/mol. The first-order valence-electron chi connectivity index (χ1n) is 7.50. The molecule has 0 saturated carbocycles. The summed E-state index contributed by atoms with van der Waals surface area (Å²) in [4.78, 5) is 13.1. The fraction of sp³-hybridized carbons (Fsp3) is 0.312. The van der Waals surface area contributed by atoms with Gasteiger partial charge in [0.2, 0.25) is 0 Å². The SMILES string of the molecule is Cc1cc(C)c2c(n1)sc1c(NCc3[nH]cnc3C)nn(C)c12. The Morgan fingerprint density at radius 2 is 2.13 bits per heavy atom. The predicted molar refractivity (Wildman–Crippen MR) is 94.0 cm³/mol. The van der Waals surface area contributed by atoms with Crippen LogP contribution in [0, 0.1) is 20.8 Å². The zero-order valence-corrected chi connectivity index (χ0v) is 14.4. The van der Waals surface area contributed by atoms with Crippen LogP contribution >= 0.6 is 11.3 Å². The van der Waals surface area contributed by atoms with Crippen LogP contribution < -0.4 is 5.32 Å². The van der Waals surface area contributed by atoms with Crippen LogP contribution in [0.15, 0.2) is 12.4 Å². The summed E-state index contributed by atoms with van der Waals surface area (Å²) in [5.74, 6) is 0.900. The van der Waals surface area contributed by atoms with Crippen LogP contribution in [0.1, 0.15) is 22.6 Å². The van der Waals surface area contributed by atoms with Crippen molar-refractivity contribution in [1.82, 2.24) is 24.7 Å². The Labute approximate surface area is 137 Å². The van der Waals surface area contributed by atoms with Crippen molar-refractivity contribution in [2.24, 2.45) is 7.05 Å². The van der Waals surface area contributed by atoms with E-state index in [9.17, 15) is 0 Å². The number of nitrogens with one attached hydrogen (secondary N) is 2. The predicted octanol–water partition coefficient (Wildman–Crippen LogP) is 3.44. The van der Waals surface area contributed by atoms with E-state index in [1.165, 1.54) is 10.9 Å². The minimum Gasteiger partial charge on any atom is -0.362 e. The fourth-order valence-electron chi connectivity index (χ4n) is 2.99. The average Bonchev–Trinajstić information content (AvgIpc) is 3.13. The summed E-state index contributed by atoms with van der Waals surface area (Å²) in [5.41, 5.74) is 5.54. The first-order valence-corrected chi connectivity index (χ1v) is 8.32. The van der Waals surface area contributed by atoms with Crippen LogP contribution in [0.5, 0.6) is 0 Å². The Balaban J connectivity index is 1.82. The number of fused-ring (bicyclic) bond motifs is 3. The molecule has 0 atom stereocenters. The highest BCUT2D eigenvalue weighted by atomic mass is 32.1. The number of pyridine rings is 1. The van der Waals surface area contributed by atoms with Gasteiger partial charge in [-0.25, -0.2) is 9.97 Å². The van der Waals surface area contributed by atoms with Gasteiger partial charge < -0.3 is 10.3 Å². The molecule has 118 valence electrons. The van der Waals surface area contributed by atoms with E-state index < -0.39 is 0 Å². The Morgan fingerprint density at radius 3 is 2.87 bits per heavy atom. The van der Waals surface area contributed by atoms with Crippen LogP contribution in [-0.2, 0) is 13.6 Å². The Morgan fingerprint density at radius 1 is 1.30 bits per heavy atom. The molecule has 4 aromatic rings. The zero-order valence-electron chi connectivity index (χ0n) is 13.6. The molecule has 0 aliphatic rings. The maximum atomic E-state index is 4.69. The topological polar surface area (TPSA) is 71.4 Å². The lowest BCUT2D eigenvalue weighted by Gasteiger charge is -2.02. The molecule has 2 N–H and O–H groups in total. The number of aromatic nitrogens is 5. The van der Waals surface area contributed by atoms with Crippen LogP contribution in [0.25, 0.3) is 20.4 Å². The van der Waals surface area contributed by atoms with Gasteiger partial charge in [-0.3, -0.25) is 4.68 Å². The maximum absolute atomic E-state index is 4.69. The summed E-state index contributed by atoms with van der Waals surface area (Å²) in [5, 5.41) is 9.28. The van der Waals surface area contributed by atoms with Crippen molar-refractivity contribution in [2.45, 2.75) is 27.3 Å². The van der Waals surface area contributed by atoms with E-state index in [2.05, 4.69) is 38.4 Å². The molecule has 0 saturated heterocycles. The third kappa shape index (κ3) is 2.19.